The number of nitrogens with zero attached hydrogens (tertiary/aromatic N) is 2. The van der Waals surface area contributed by atoms with Crippen molar-refractivity contribution in [3.63, 3.8) is 0 Å². The fourth-order valence-corrected chi connectivity index (χ4v) is 1.99. The van der Waals surface area contributed by atoms with Gasteiger partial charge in [-0.15, -0.1) is 0 Å². The number of hydrogen-bond acceptors (Lipinski definition) is 3. The van der Waals surface area contributed by atoms with Crippen LogP contribution in [0.1, 0.15) is 49.8 Å². The first-order valence-corrected chi connectivity index (χ1v) is 6.72. The van der Waals surface area contributed by atoms with Crippen LogP contribution in [0.3, 0.4) is 0 Å². The van der Waals surface area contributed by atoms with Gasteiger partial charge in [-0.05, 0) is 11.8 Å². The van der Waals surface area contributed by atoms with E-state index in [0.717, 1.165) is 4.90 Å². The highest BCUT2D eigenvalue weighted by Gasteiger charge is 2.35. The topological polar surface area (TPSA) is 75.0 Å². The Morgan fingerprint density at radius 1 is 1.33 bits per heavy atom. The lowest BCUT2D eigenvalue weighted by atomic mass is 10.1. The summed E-state index contributed by atoms with van der Waals surface area (Å²) < 4.78 is 37.8. The molecule has 0 unspecified atom stereocenters. The number of amides is 1. The van der Waals surface area contributed by atoms with Crippen molar-refractivity contribution in [2.24, 2.45) is 5.92 Å². The summed E-state index contributed by atoms with van der Waals surface area (Å²) in [4.78, 5) is 13.0. The first kappa shape index (κ1) is 17.3. The lowest BCUT2D eigenvalue weighted by Crippen LogP contribution is -2.41. The number of carbonyl (C=O) groups excluding carboxylic acids is 1. The highest BCUT2D eigenvalue weighted by Crippen LogP contribution is 2.25. The number of H-pyrrole nitrogens is 1. The summed E-state index contributed by atoms with van der Waals surface area (Å²) in [7, 11) is 0. The number of aromatic amines is 1. The van der Waals surface area contributed by atoms with Crippen molar-refractivity contribution in [2.75, 3.05) is 18.8 Å². The Labute approximate surface area is 121 Å². The number of alkyl halides is 3. The van der Waals surface area contributed by atoms with Gasteiger partial charge in [0.25, 0.3) is 5.91 Å². The van der Waals surface area contributed by atoms with Crippen LogP contribution in [0.25, 0.3) is 0 Å². The van der Waals surface area contributed by atoms with Crippen LogP contribution in [-0.2, 0) is 0 Å². The Balaban J connectivity index is 3.05. The maximum Gasteiger partial charge on any atom is 0.406 e. The summed E-state index contributed by atoms with van der Waals surface area (Å²) in [5.74, 6) is -0.900. The zero-order chi connectivity index (χ0) is 16.4. The molecule has 0 spiro atoms. The molecule has 120 valence electrons. The number of halogens is 3. The van der Waals surface area contributed by atoms with Crippen molar-refractivity contribution in [1.29, 1.82) is 0 Å². The summed E-state index contributed by atoms with van der Waals surface area (Å²) in [6, 6.07) is 0. The summed E-state index contributed by atoms with van der Waals surface area (Å²) in [5, 5.41) is 6.41. The standard InChI is InChI=1S/C13H21F3N4O/c1-7(2)5-20(6-13(14,15)16)12(21)11-9(17)10(8(3)4)18-19-11/h7-8H,5-6,17H2,1-4H3,(H,18,19). The second-order valence-electron chi connectivity index (χ2n) is 5.75. The normalized spacial score (nSPS) is 12.2. The molecule has 1 amide bonds. The summed E-state index contributed by atoms with van der Waals surface area (Å²) >= 11 is 0. The van der Waals surface area contributed by atoms with Gasteiger partial charge in [0.15, 0.2) is 5.69 Å². The average molecular weight is 306 g/mol. The van der Waals surface area contributed by atoms with Gasteiger partial charge in [0.2, 0.25) is 0 Å². The van der Waals surface area contributed by atoms with Gasteiger partial charge >= 0.3 is 6.18 Å². The van der Waals surface area contributed by atoms with Gasteiger partial charge in [-0.2, -0.15) is 18.3 Å². The van der Waals surface area contributed by atoms with Crippen molar-refractivity contribution < 1.29 is 18.0 Å². The van der Waals surface area contributed by atoms with E-state index in [-0.39, 0.29) is 29.8 Å². The molecule has 0 saturated heterocycles. The molecule has 3 N–H and O–H groups in total. The molecular formula is C13H21F3N4O. The fraction of sp³-hybridized carbons (Fsp3) is 0.692. The lowest BCUT2D eigenvalue weighted by Gasteiger charge is -2.25. The average Bonchev–Trinajstić information content (AvgIpc) is 2.66. The van der Waals surface area contributed by atoms with E-state index in [1.807, 2.05) is 13.8 Å². The van der Waals surface area contributed by atoms with Crippen molar-refractivity contribution in [3.8, 4) is 0 Å². The number of nitrogen functional groups attached to an aromatic ring is 1. The predicted molar refractivity (Wildman–Crippen MR) is 73.9 cm³/mol. The maximum absolute atomic E-state index is 12.6. The first-order valence-electron chi connectivity index (χ1n) is 6.72. The number of hydrogen-bond donors (Lipinski definition) is 2. The van der Waals surface area contributed by atoms with Crippen LogP contribution < -0.4 is 5.73 Å². The molecule has 1 aromatic rings. The number of aromatic nitrogens is 2. The van der Waals surface area contributed by atoms with Gasteiger partial charge in [-0.25, -0.2) is 0 Å². The van der Waals surface area contributed by atoms with Crippen molar-refractivity contribution in [3.05, 3.63) is 11.4 Å². The van der Waals surface area contributed by atoms with E-state index in [2.05, 4.69) is 10.2 Å². The van der Waals surface area contributed by atoms with E-state index in [9.17, 15) is 18.0 Å². The van der Waals surface area contributed by atoms with Crippen molar-refractivity contribution >= 4 is 11.6 Å². The van der Waals surface area contributed by atoms with Crippen LogP contribution in [-0.4, -0.2) is 40.3 Å². The summed E-state index contributed by atoms with van der Waals surface area (Å²) in [5.41, 5.74) is 6.33. The molecule has 0 saturated carbocycles. The van der Waals surface area contributed by atoms with E-state index in [4.69, 9.17) is 5.73 Å². The smallest absolute Gasteiger partial charge is 0.395 e. The third kappa shape index (κ3) is 4.64. The zero-order valence-electron chi connectivity index (χ0n) is 12.6. The molecule has 0 aliphatic heterocycles. The lowest BCUT2D eigenvalue weighted by molar-refractivity contribution is -0.141. The van der Waals surface area contributed by atoms with E-state index in [1.165, 1.54) is 0 Å². The third-order valence-corrected chi connectivity index (χ3v) is 2.86. The van der Waals surface area contributed by atoms with Crippen LogP contribution in [0.5, 0.6) is 0 Å². The van der Waals surface area contributed by atoms with Crippen molar-refractivity contribution in [1.82, 2.24) is 15.1 Å². The number of anilines is 1. The minimum Gasteiger partial charge on any atom is -0.395 e. The van der Waals surface area contributed by atoms with Crippen molar-refractivity contribution in [2.45, 2.75) is 39.8 Å². The quantitative estimate of drug-likeness (QED) is 0.878. The molecule has 0 aliphatic rings. The van der Waals surface area contributed by atoms with Gasteiger partial charge in [-0.1, -0.05) is 27.7 Å². The molecule has 5 nitrogen and oxygen atoms in total. The zero-order valence-corrected chi connectivity index (χ0v) is 12.6. The molecule has 0 radical (unpaired) electrons. The molecule has 0 aromatic carbocycles. The second-order valence-corrected chi connectivity index (χ2v) is 5.75. The number of carbonyl (C=O) groups is 1. The molecule has 8 heteroatoms. The Morgan fingerprint density at radius 2 is 1.90 bits per heavy atom. The molecule has 0 fully saturated rings. The fourth-order valence-electron chi connectivity index (χ4n) is 1.99. The molecule has 1 rings (SSSR count). The second kappa shape index (κ2) is 6.36. The highest BCUT2D eigenvalue weighted by molar-refractivity contribution is 5.97. The highest BCUT2D eigenvalue weighted by atomic mass is 19.4. The van der Waals surface area contributed by atoms with E-state index >= 15 is 0 Å². The third-order valence-electron chi connectivity index (χ3n) is 2.86. The Morgan fingerprint density at radius 3 is 2.29 bits per heavy atom. The maximum atomic E-state index is 12.6. The Hall–Kier alpha value is -1.73. The number of rotatable bonds is 5. The molecule has 0 bridgehead atoms. The summed E-state index contributed by atoms with van der Waals surface area (Å²) in [6.45, 7) is 5.85. The van der Waals surface area contributed by atoms with E-state index in [0.29, 0.717) is 5.69 Å². The first-order chi connectivity index (χ1) is 9.53. The van der Waals surface area contributed by atoms with E-state index < -0.39 is 18.6 Å². The minimum absolute atomic E-state index is 0.000199. The Bertz CT molecular complexity index is 494. The molecule has 21 heavy (non-hydrogen) atoms. The van der Waals surface area contributed by atoms with Gasteiger partial charge in [0.05, 0.1) is 11.4 Å². The Kier molecular flexibility index (Phi) is 5.25. The van der Waals surface area contributed by atoms with Crippen LogP contribution in [0.4, 0.5) is 18.9 Å². The predicted octanol–water partition coefficient (Wildman–Crippen LogP) is 2.78. The molecule has 1 heterocycles. The molecule has 0 atom stereocenters. The van der Waals surface area contributed by atoms with Gasteiger partial charge in [0, 0.05) is 6.54 Å². The van der Waals surface area contributed by atoms with Gasteiger partial charge < -0.3 is 10.6 Å². The summed E-state index contributed by atoms with van der Waals surface area (Å²) in [6.07, 6.45) is -4.46. The molecule has 0 aliphatic carbocycles. The minimum atomic E-state index is -4.46. The SMILES string of the molecule is CC(C)CN(CC(F)(F)F)C(=O)c1n[nH]c(C(C)C)c1N. The molecule has 1 aromatic heterocycles. The van der Waals surface area contributed by atoms with Crippen LogP contribution in [0, 0.1) is 5.92 Å². The van der Waals surface area contributed by atoms with Gasteiger partial charge in [0.1, 0.15) is 6.54 Å². The van der Waals surface area contributed by atoms with Crippen LogP contribution >= 0.6 is 0 Å². The van der Waals surface area contributed by atoms with Crippen LogP contribution in [0.15, 0.2) is 0 Å². The number of nitrogens with two attached hydrogens (primary N) is 1. The van der Waals surface area contributed by atoms with E-state index in [1.54, 1.807) is 13.8 Å². The monoisotopic (exact) mass is 306 g/mol. The molecular weight excluding hydrogens is 285 g/mol. The van der Waals surface area contributed by atoms with Crippen LogP contribution in [0.2, 0.25) is 0 Å². The van der Waals surface area contributed by atoms with Gasteiger partial charge in [-0.3, -0.25) is 9.89 Å². The largest absolute Gasteiger partial charge is 0.406 e. The number of nitrogens with one attached hydrogen (secondary N) is 1.